The highest BCUT2D eigenvalue weighted by Gasteiger charge is 2.31. The number of aromatic amines is 1. The van der Waals surface area contributed by atoms with Crippen LogP contribution >= 0.6 is 0 Å². The number of hydrogen-bond donors (Lipinski definition) is 2. The van der Waals surface area contributed by atoms with E-state index in [1.54, 1.807) is 30.5 Å². The number of rotatable bonds is 6. The van der Waals surface area contributed by atoms with Gasteiger partial charge in [-0.15, -0.1) is 13.2 Å². The number of hydrogen-bond acceptors (Lipinski definition) is 5. The first-order chi connectivity index (χ1) is 15.3. The second kappa shape index (κ2) is 9.01. The lowest BCUT2D eigenvalue weighted by atomic mass is 10.1. The Balaban J connectivity index is 1.48. The van der Waals surface area contributed by atoms with E-state index in [1.165, 1.54) is 24.3 Å². The smallest absolute Gasteiger partial charge is 0.478 e. The highest BCUT2D eigenvalue weighted by molar-refractivity contribution is 5.87. The Morgan fingerprint density at radius 1 is 1.19 bits per heavy atom. The quantitative estimate of drug-likeness (QED) is 0.588. The number of imidazole rings is 1. The summed E-state index contributed by atoms with van der Waals surface area (Å²) >= 11 is 0. The summed E-state index contributed by atoms with van der Waals surface area (Å²) in [6, 6.07) is 12.1. The van der Waals surface area contributed by atoms with Crippen LogP contribution in [0.3, 0.4) is 0 Å². The third kappa shape index (κ3) is 5.27. The van der Waals surface area contributed by atoms with Crippen molar-refractivity contribution in [1.29, 1.82) is 0 Å². The maximum atomic E-state index is 12.3. The van der Waals surface area contributed by atoms with Crippen LogP contribution in [0.5, 0.6) is 5.75 Å². The number of halogens is 3. The molecule has 0 unspecified atom stereocenters. The zero-order chi connectivity index (χ0) is 22.7. The van der Waals surface area contributed by atoms with Crippen molar-refractivity contribution in [3.63, 3.8) is 0 Å². The summed E-state index contributed by atoms with van der Waals surface area (Å²) in [6.07, 6.45) is -3.11. The number of carboxylic acids is 1. The minimum Gasteiger partial charge on any atom is -0.478 e. The number of carbonyl (C=O) groups is 1. The average molecular weight is 447 g/mol. The van der Waals surface area contributed by atoms with Crippen molar-refractivity contribution < 1.29 is 32.5 Å². The molecule has 2 aromatic carbocycles. The normalized spacial score (nSPS) is 17.3. The third-order valence-electron chi connectivity index (χ3n) is 5.14. The van der Waals surface area contributed by atoms with Crippen molar-refractivity contribution in [1.82, 2.24) is 14.9 Å². The molecular weight excluding hydrogens is 427 g/mol. The van der Waals surface area contributed by atoms with Crippen molar-refractivity contribution in [2.24, 2.45) is 0 Å². The van der Waals surface area contributed by atoms with Gasteiger partial charge in [-0.2, -0.15) is 0 Å². The van der Waals surface area contributed by atoms with Crippen LogP contribution in [0, 0.1) is 0 Å². The maximum Gasteiger partial charge on any atom is 0.573 e. The number of morpholine rings is 1. The van der Waals surface area contributed by atoms with Crippen LogP contribution in [0.1, 0.15) is 27.8 Å². The predicted molar refractivity (Wildman–Crippen MR) is 108 cm³/mol. The van der Waals surface area contributed by atoms with Gasteiger partial charge >= 0.3 is 12.3 Å². The molecule has 1 aliphatic rings. The first-order valence-electron chi connectivity index (χ1n) is 9.83. The van der Waals surface area contributed by atoms with Crippen LogP contribution in [0.15, 0.2) is 54.7 Å². The van der Waals surface area contributed by atoms with Gasteiger partial charge in [-0.05, 0) is 47.5 Å². The molecule has 0 saturated carbocycles. The van der Waals surface area contributed by atoms with E-state index in [0.29, 0.717) is 43.4 Å². The molecule has 0 bridgehead atoms. The van der Waals surface area contributed by atoms with Crippen LogP contribution in [0.25, 0.3) is 11.3 Å². The number of benzene rings is 2. The lowest BCUT2D eigenvalue weighted by Gasteiger charge is -2.34. The maximum absolute atomic E-state index is 12.3. The van der Waals surface area contributed by atoms with Crippen molar-refractivity contribution in [3.8, 4) is 17.0 Å². The van der Waals surface area contributed by atoms with Gasteiger partial charge in [-0.1, -0.05) is 12.1 Å². The fraction of sp³-hybridized carbons (Fsp3) is 0.273. The Kier molecular flexibility index (Phi) is 6.15. The van der Waals surface area contributed by atoms with Gasteiger partial charge in [0, 0.05) is 13.1 Å². The zero-order valence-electron chi connectivity index (χ0n) is 16.8. The largest absolute Gasteiger partial charge is 0.573 e. The van der Waals surface area contributed by atoms with E-state index in [4.69, 9.17) is 9.84 Å². The van der Waals surface area contributed by atoms with Gasteiger partial charge in [0.05, 0.1) is 36.7 Å². The summed E-state index contributed by atoms with van der Waals surface area (Å²) in [4.78, 5) is 20.9. The molecule has 3 aromatic rings. The number of ether oxygens (including phenoxy) is 2. The van der Waals surface area contributed by atoms with Crippen LogP contribution in [0.4, 0.5) is 13.2 Å². The molecule has 4 rings (SSSR count). The Hall–Kier alpha value is -3.37. The van der Waals surface area contributed by atoms with Crippen LogP contribution < -0.4 is 4.74 Å². The average Bonchev–Trinajstić information content (AvgIpc) is 3.24. The zero-order valence-corrected chi connectivity index (χ0v) is 16.8. The molecule has 1 atom stereocenters. The highest BCUT2D eigenvalue weighted by atomic mass is 19.4. The molecule has 1 fully saturated rings. The van der Waals surface area contributed by atoms with E-state index in [1.807, 2.05) is 0 Å². The number of alkyl halides is 3. The number of carboxylic acid groups (broad SMARTS) is 1. The summed E-state index contributed by atoms with van der Waals surface area (Å²) in [5.74, 6) is -0.582. The van der Waals surface area contributed by atoms with Gasteiger partial charge in [-0.25, -0.2) is 9.78 Å². The molecule has 1 saturated heterocycles. The first-order valence-corrected chi connectivity index (χ1v) is 9.83. The number of aromatic nitrogens is 2. The van der Waals surface area contributed by atoms with Gasteiger partial charge in [-0.3, -0.25) is 4.90 Å². The lowest BCUT2D eigenvalue weighted by molar-refractivity contribution is -0.274. The molecule has 0 radical (unpaired) electrons. The molecule has 1 aliphatic heterocycles. The number of H-pyrrole nitrogens is 1. The van der Waals surface area contributed by atoms with E-state index in [-0.39, 0.29) is 17.4 Å². The molecule has 1 aromatic heterocycles. The van der Waals surface area contributed by atoms with Crippen molar-refractivity contribution >= 4 is 5.97 Å². The Labute approximate surface area is 181 Å². The summed E-state index contributed by atoms with van der Waals surface area (Å²) in [7, 11) is 0. The second-order valence-electron chi connectivity index (χ2n) is 7.32. The Morgan fingerprint density at radius 2 is 1.91 bits per heavy atom. The molecule has 10 heteroatoms. The summed E-state index contributed by atoms with van der Waals surface area (Å²) in [5, 5.41) is 9.05. The fourth-order valence-electron chi connectivity index (χ4n) is 3.56. The van der Waals surface area contributed by atoms with Gasteiger partial charge in [0.2, 0.25) is 0 Å². The lowest BCUT2D eigenvalue weighted by Crippen LogP contribution is -2.39. The Bertz CT molecular complexity index is 1070. The highest BCUT2D eigenvalue weighted by Crippen LogP contribution is 2.29. The van der Waals surface area contributed by atoms with Crippen molar-refractivity contribution in [2.75, 3.05) is 19.8 Å². The number of aromatic carboxylic acids is 1. The summed E-state index contributed by atoms with van der Waals surface area (Å²) in [6.45, 7) is 2.26. The van der Waals surface area contributed by atoms with E-state index >= 15 is 0 Å². The standard InChI is InChI=1S/C22H20F3N3O4/c23-22(24,25)32-17-7-5-15(6-8-17)18-11-26-20(27-18)19-13-31-10-9-28(19)12-14-1-3-16(4-2-14)21(29)30/h1-8,11,19H,9-10,12-13H2,(H,26,27)(H,29,30)/t19-/m0/s1. The van der Waals surface area contributed by atoms with Crippen LogP contribution in [0.2, 0.25) is 0 Å². The van der Waals surface area contributed by atoms with Gasteiger partial charge < -0.3 is 19.6 Å². The van der Waals surface area contributed by atoms with Crippen molar-refractivity contribution in [2.45, 2.75) is 18.9 Å². The summed E-state index contributed by atoms with van der Waals surface area (Å²) in [5.41, 5.74) is 2.53. The van der Waals surface area contributed by atoms with Gasteiger partial charge in [0.1, 0.15) is 11.6 Å². The molecule has 0 spiro atoms. The minimum atomic E-state index is -4.74. The van der Waals surface area contributed by atoms with E-state index < -0.39 is 12.3 Å². The van der Waals surface area contributed by atoms with E-state index in [2.05, 4.69) is 19.6 Å². The van der Waals surface area contributed by atoms with E-state index in [9.17, 15) is 18.0 Å². The molecule has 2 N–H and O–H groups in total. The molecular formula is C22H20F3N3O4. The third-order valence-corrected chi connectivity index (χ3v) is 5.14. The first kappa shape index (κ1) is 21.8. The van der Waals surface area contributed by atoms with Crippen LogP contribution in [-0.2, 0) is 11.3 Å². The number of nitrogens with zero attached hydrogens (tertiary/aromatic N) is 2. The van der Waals surface area contributed by atoms with Gasteiger partial charge in [0.15, 0.2) is 0 Å². The van der Waals surface area contributed by atoms with Gasteiger partial charge in [0.25, 0.3) is 0 Å². The molecule has 32 heavy (non-hydrogen) atoms. The predicted octanol–water partition coefficient (Wildman–Crippen LogP) is 4.25. The number of nitrogens with one attached hydrogen (secondary N) is 1. The minimum absolute atomic E-state index is 0.149. The van der Waals surface area contributed by atoms with E-state index in [0.717, 1.165) is 5.56 Å². The fourth-order valence-corrected chi connectivity index (χ4v) is 3.56. The molecule has 7 nitrogen and oxygen atoms in total. The SMILES string of the molecule is O=C(O)c1ccc(CN2CCOC[C@H]2c2ncc(-c3ccc(OC(F)(F)F)cc3)[nH]2)cc1. The monoisotopic (exact) mass is 447 g/mol. The molecule has 168 valence electrons. The molecule has 0 amide bonds. The topological polar surface area (TPSA) is 87.7 Å². The van der Waals surface area contributed by atoms with Crippen LogP contribution in [-0.4, -0.2) is 52.1 Å². The Morgan fingerprint density at radius 3 is 2.56 bits per heavy atom. The second-order valence-corrected chi connectivity index (χ2v) is 7.32. The summed E-state index contributed by atoms with van der Waals surface area (Å²) < 4.78 is 46.6. The molecule has 2 heterocycles. The van der Waals surface area contributed by atoms with Crippen molar-refractivity contribution in [3.05, 3.63) is 71.7 Å². The molecule has 0 aliphatic carbocycles.